The minimum absolute atomic E-state index is 0.0356. The Morgan fingerprint density at radius 3 is 2.50 bits per heavy atom. The number of hydrogen-bond donors (Lipinski definition) is 2. The molecule has 0 radical (unpaired) electrons. The molecule has 0 unspecified atom stereocenters. The van der Waals surface area contributed by atoms with E-state index in [4.69, 9.17) is 0 Å². The number of fused-ring (bicyclic) bond motifs is 5. The average molecular weight is 335 g/mol. The zero-order chi connectivity index (χ0) is 17.3. The normalized spacial score (nSPS) is 53.2. The second-order valence-corrected chi connectivity index (χ2v) is 9.90. The highest BCUT2D eigenvalue weighted by atomic mass is 16.5. The minimum atomic E-state index is -1.81. The van der Waals surface area contributed by atoms with Crippen LogP contribution in [0.2, 0.25) is 0 Å². The molecule has 0 aromatic carbocycles. The highest BCUT2D eigenvalue weighted by Gasteiger charge is 2.66. The van der Waals surface area contributed by atoms with Crippen molar-refractivity contribution < 1.29 is 15.0 Å². The molecule has 4 aliphatic rings. The third kappa shape index (κ3) is 2.00. The van der Waals surface area contributed by atoms with Crippen molar-refractivity contribution in [2.75, 3.05) is 0 Å². The van der Waals surface area contributed by atoms with Crippen molar-refractivity contribution in [2.45, 2.75) is 84.3 Å². The van der Waals surface area contributed by atoms with Crippen molar-refractivity contribution in [3.05, 3.63) is 0 Å². The monoisotopic (exact) mass is 334 g/mol. The van der Waals surface area contributed by atoms with Gasteiger partial charge in [-0.15, -0.1) is 0 Å². The van der Waals surface area contributed by atoms with Gasteiger partial charge in [-0.1, -0.05) is 27.2 Å². The summed E-state index contributed by atoms with van der Waals surface area (Å²) in [6.45, 7) is 6.94. The Kier molecular flexibility index (Phi) is 3.76. The van der Waals surface area contributed by atoms with Crippen LogP contribution in [0.5, 0.6) is 0 Å². The molecule has 0 bridgehead atoms. The van der Waals surface area contributed by atoms with Crippen LogP contribution in [0.15, 0.2) is 0 Å². The second kappa shape index (κ2) is 5.30. The third-order valence-electron chi connectivity index (χ3n) is 9.37. The van der Waals surface area contributed by atoms with Gasteiger partial charge in [-0.25, -0.2) is 0 Å². The molecule has 136 valence electrons. The Balaban J connectivity index is 1.69. The van der Waals surface area contributed by atoms with E-state index in [9.17, 15) is 15.0 Å². The van der Waals surface area contributed by atoms with E-state index in [1.807, 2.05) is 0 Å². The van der Waals surface area contributed by atoms with E-state index in [1.54, 1.807) is 0 Å². The van der Waals surface area contributed by atoms with Crippen LogP contribution in [0.3, 0.4) is 0 Å². The first-order valence-corrected chi connectivity index (χ1v) is 10.2. The van der Waals surface area contributed by atoms with Crippen LogP contribution in [-0.4, -0.2) is 21.8 Å². The molecule has 0 amide bonds. The lowest BCUT2D eigenvalue weighted by molar-refractivity contribution is -0.304. The van der Waals surface area contributed by atoms with Gasteiger partial charge in [0.15, 0.2) is 5.79 Å². The van der Waals surface area contributed by atoms with E-state index in [2.05, 4.69) is 20.8 Å². The van der Waals surface area contributed by atoms with E-state index < -0.39 is 11.2 Å². The number of rotatable bonds is 1. The lowest BCUT2D eigenvalue weighted by atomic mass is 9.43. The fourth-order valence-electron chi connectivity index (χ4n) is 7.96. The number of aliphatic hydroxyl groups is 2. The van der Waals surface area contributed by atoms with E-state index >= 15 is 0 Å². The molecule has 3 heteroatoms. The van der Waals surface area contributed by atoms with Crippen molar-refractivity contribution in [3.63, 3.8) is 0 Å². The highest BCUT2D eigenvalue weighted by Crippen LogP contribution is 2.68. The van der Waals surface area contributed by atoms with E-state index in [0.717, 1.165) is 24.7 Å². The van der Waals surface area contributed by atoms with Crippen molar-refractivity contribution >= 4 is 5.78 Å². The van der Waals surface area contributed by atoms with Crippen molar-refractivity contribution in [3.8, 4) is 0 Å². The molecular weight excluding hydrogens is 300 g/mol. The molecule has 0 aromatic heterocycles. The Morgan fingerprint density at radius 2 is 1.79 bits per heavy atom. The van der Waals surface area contributed by atoms with Crippen LogP contribution in [0, 0.1) is 40.4 Å². The zero-order valence-corrected chi connectivity index (χ0v) is 15.6. The van der Waals surface area contributed by atoms with Gasteiger partial charge in [0.2, 0.25) is 0 Å². The number of carbonyl (C=O) groups is 1. The number of carbonyl (C=O) groups excluding carboxylic acids is 1. The van der Waals surface area contributed by atoms with Crippen molar-refractivity contribution in [2.24, 2.45) is 40.4 Å². The van der Waals surface area contributed by atoms with E-state index in [0.29, 0.717) is 23.7 Å². The summed E-state index contributed by atoms with van der Waals surface area (Å²) >= 11 is 0. The first kappa shape index (κ1) is 17.0. The summed E-state index contributed by atoms with van der Waals surface area (Å²) in [6.07, 6.45) is 8.96. The second-order valence-electron chi connectivity index (χ2n) is 9.90. The van der Waals surface area contributed by atoms with Gasteiger partial charge in [0.05, 0.1) is 6.42 Å². The summed E-state index contributed by atoms with van der Waals surface area (Å²) in [7, 11) is 0. The third-order valence-corrected chi connectivity index (χ3v) is 9.37. The molecule has 0 heterocycles. The SMILES string of the molecule is CC[C@H]1CC[C@H]2[C@@H]3CC[C@H]4CC(=O)CC(O)(O)[C@]4(C)[C@H]3CC[C@]12C. The minimum Gasteiger partial charge on any atom is -0.365 e. The lowest BCUT2D eigenvalue weighted by Crippen LogP contribution is -2.64. The van der Waals surface area contributed by atoms with Gasteiger partial charge in [0, 0.05) is 11.8 Å². The molecule has 7 atom stereocenters. The first-order valence-electron chi connectivity index (χ1n) is 10.2. The Labute approximate surface area is 146 Å². The molecule has 4 fully saturated rings. The summed E-state index contributed by atoms with van der Waals surface area (Å²) in [4.78, 5) is 12.0. The van der Waals surface area contributed by atoms with Gasteiger partial charge in [-0.2, -0.15) is 0 Å². The van der Waals surface area contributed by atoms with E-state index in [1.165, 1.54) is 32.1 Å². The molecule has 0 aliphatic heterocycles. The van der Waals surface area contributed by atoms with Gasteiger partial charge >= 0.3 is 0 Å². The van der Waals surface area contributed by atoms with Crippen LogP contribution in [0.25, 0.3) is 0 Å². The predicted molar refractivity (Wildman–Crippen MR) is 93.1 cm³/mol. The molecule has 4 rings (SSSR count). The van der Waals surface area contributed by atoms with Gasteiger partial charge < -0.3 is 10.2 Å². The van der Waals surface area contributed by atoms with Crippen molar-refractivity contribution in [1.29, 1.82) is 0 Å². The van der Waals surface area contributed by atoms with Crippen LogP contribution >= 0.6 is 0 Å². The van der Waals surface area contributed by atoms with Gasteiger partial charge in [0.1, 0.15) is 5.78 Å². The van der Waals surface area contributed by atoms with Crippen LogP contribution in [0.4, 0.5) is 0 Å². The standard InChI is InChI=1S/C21H34O3/c1-4-13-6-8-17-16-7-5-14-11-15(22)12-21(23,24)20(14,3)18(16)9-10-19(13,17)2/h13-14,16-18,23-24H,4-12H2,1-3H3/t13-,14-,16-,17-,18-,19+,20-/m0/s1. The van der Waals surface area contributed by atoms with Crippen molar-refractivity contribution in [1.82, 2.24) is 0 Å². The topological polar surface area (TPSA) is 57.5 Å². The Hall–Kier alpha value is -0.410. The molecular formula is C21H34O3. The molecule has 0 saturated heterocycles. The molecule has 0 aromatic rings. The molecule has 4 aliphatic carbocycles. The maximum Gasteiger partial charge on any atom is 0.175 e. The number of ketones is 1. The van der Waals surface area contributed by atoms with Gasteiger partial charge in [-0.3, -0.25) is 4.79 Å². The average Bonchev–Trinajstić information content (AvgIpc) is 2.84. The summed E-state index contributed by atoms with van der Waals surface area (Å²) in [5, 5.41) is 21.8. The summed E-state index contributed by atoms with van der Waals surface area (Å²) < 4.78 is 0. The Morgan fingerprint density at radius 1 is 1.04 bits per heavy atom. The number of Topliss-reactive ketones (excluding diaryl/α,β-unsaturated/α-hetero) is 1. The lowest BCUT2D eigenvalue weighted by Gasteiger charge is -2.63. The molecule has 4 saturated carbocycles. The summed E-state index contributed by atoms with van der Waals surface area (Å²) in [5.41, 5.74) is -0.0490. The summed E-state index contributed by atoms with van der Waals surface area (Å²) in [6, 6.07) is 0. The zero-order valence-electron chi connectivity index (χ0n) is 15.6. The maximum absolute atomic E-state index is 12.0. The van der Waals surface area contributed by atoms with Crippen LogP contribution in [-0.2, 0) is 4.79 Å². The fraction of sp³-hybridized carbons (Fsp3) is 0.952. The number of hydrogen-bond acceptors (Lipinski definition) is 3. The fourth-order valence-corrected chi connectivity index (χ4v) is 7.96. The first-order chi connectivity index (χ1) is 11.2. The predicted octanol–water partition coefficient (Wildman–Crippen LogP) is 3.92. The highest BCUT2D eigenvalue weighted by molar-refractivity contribution is 5.81. The molecule has 2 N–H and O–H groups in total. The molecule has 0 spiro atoms. The molecule has 3 nitrogen and oxygen atoms in total. The van der Waals surface area contributed by atoms with Gasteiger partial charge in [-0.05, 0) is 73.5 Å². The van der Waals surface area contributed by atoms with E-state index in [-0.39, 0.29) is 18.1 Å². The molecule has 24 heavy (non-hydrogen) atoms. The smallest absolute Gasteiger partial charge is 0.175 e. The van der Waals surface area contributed by atoms with Crippen LogP contribution < -0.4 is 0 Å². The largest absolute Gasteiger partial charge is 0.365 e. The van der Waals surface area contributed by atoms with Crippen LogP contribution in [0.1, 0.15) is 78.6 Å². The summed E-state index contributed by atoms with van der Waals surface area (Å²) in [5.74, 6) is 0.951. The maximum atomic E-state index is 12.0. The van der Waals surface area contributed by atoms with Gasteiger partial charge in [0.25, 0.3) is 0 Å². The Bertz CT molecular complexity index is 541. The quantitative estimate of drug-likeness (QED) is 0.715.